The number of benzene rings is 1. The standard InChI is InChI=1S/C15H24N2O4/c1-11(2)12(3)16(4)9-14(18)10-21-15-7-5-6-13(8-15)17(19)20/h5-8,11-12,14,18H,9-10H2,1-4H3/t12-,14-/m1/s1. The smallest absolute Gasteiger partial charge is 0.273 e. The third-order valence-corrected chi connectivity index (χ3v) is 3.63. The number of nitro groups is 1. The largest absolute Gasteiger partial charge is 0.491 e. The Bertz CT molecular complexity index is 465. The molecule has 0 saturated heterocycles. The summed E-state index contributed by atoms with van der Waals surface area (Å²) in [5.74, 6) is 0.891. The molecule has 0 unspecified atom stereocenters. The van der Waals surface area contributed by atoms with Crippen LogP contribution in [0.1, 0.15) is 20.8 Å². The van der Waals surface area contributed by atoms with Crippen LogP contribution in [0, 0.1) is 16.0 Å². The first-order valence-electron chi connectivity index (χ1n) is 7.06. The summed E-state index contributed by atoms with van der Waals surface area (Å²) in [4.78, 5) is 12.3. The van der Waals surface area contributed by atoms with Gasteiger partial charge in [0.2, 0.25) is 0 Å². The summed E-state index contributed by atoms with van der Waals surface area (Å²) in [5, 5.41) is 20.7. The third-order valence-electron chi connectivity index (χ3n) is 3.63. The molecule has 0 aliphatic heterocycles. The number of non-ortho nitro benzene ring substituents is 1. The molecule has 0 radical (unpaired) electrons. The Morgan fingerprint density at radius 3 is 2.62 bits per heavy atom. The van der Waals surface area contributed by atoms with Crippen LogP contribution in [0.25, 0.3) is 0 Å². The van der Waals surface area contributed by atoms with Gasteiger partial charge in [-0.2, -0.15) is 0 Å². The molecule has 0 aliphatic rings. The first-order valence-corrected chi connectivity index (χ1v) is 7.06. The average Bonchev–Trinajstić information content (AvgIpc) is 2.44. The van der Waals surface area contributed by atoms with Crippen molar-refractivity contribution in [3.05, 3.63) is 34.4 Å². The number of nitrogens with zero attached hydrogens (tertiary/aromatic N) is 2. The topological polar surface area (TPSA) is 75.8 Å². The van der Waals surface area contributed by atoms with Crippen molar-refractivity contribution in [3.63, 3.8) is 0 Å². The second-order valence-corrected chi connectivity index (χ2v) is 5.64. The molecule has 2 atom stereocenters. The Balaban J connectivity index is 2.48. The Morgan fingerprint density at radius 2 is 2.05 bits per heavy atom. The van der Waals surface area contributed by atoms with Crippen molar-refractivity contribution < 1.29 is 14.8 Å². The number of aliphatic hydroxyl groups excluding tert-OH is 1. The second-order valence-electron chi connectivity index (χ2n) is 5.64. The number of nitro benzene ring substituents is 1. The van der Waals surface area contributed by atoms with Gasteiger partial charge < -0.3 is 14.7 Å². The molecule has 0 saturated carbocycles. The zero-order chi connectivity index (χ0) is 16.0. The van der Waals surface area contributed by atoms with E-state index in [1.165, 1.54) is 12.1 Å². The number of likely N-dealkylation sites (N-methyl/N-ethyl adjacent to an activating group) is 1. The zero-order valence-corrected chi connectivity index (χ0v) is 13.0. The lowest BCUT2D eigenvalue weighted by atomic mass is 10.1. The highest BCUT2D eigenvalue weighted by Crippen LogP contribution is 2.19. The summed E-state index contributed by atoms with van der Waals surface area (Å²) < 4.78 is 5.42. The Kier molecular flexibility index (Phi) is 6.58. The minimum Gasteiger partial charge on any atom is -0.491 e. The van der Waals surface area contributed by atoms with Gasteiger partial charge in [0.1, 0.15) is 18.5 Å². The highest BCUT2D eigenvalue weighted by Gasteiger charge is 2.17. The van der Waals surface area contributed by atoms with Crippen LogP contribution in [0.2, 0.25) is 0 Å². The zero-order valence-electron chi connectivity index (χ0n) is 13.0. The maximum Gasteiger partial charge on any atom is 0.273 e. The van der Waals surface area contributed by atoms with Gasteiger partial charge in [0, 0.05) is 18.7 Å². The molecule has 0 spiro atoms. The van der Waals surface area contributed by atoms with Crippen LogP contribution in [0.5, 0.6) is 5.75 Å². The molecular formula is C15H24N2O4. The minimum atomic E-state index is -0.643. The van der Waals surface area contributed by atoms with Gasteiger partial charge in [0.25, 0.3) is 5.69 Å². The minimum absolute atomic E-state index is 0.0208. The number of ether oxygens (including phenoxy) is 1. The predicted octanol–water partition coefficient (Wildman–Crippen LogP) is 2.31. The molecule has 1 aromatic carbocycles. The first kappa shape index (κ1) is 17.4. The number of rotatable bonds is 8. The van der Waals surface area contributed by atoms with Crippen LogP contribution >= 0.6 is 0 Å². The summed E-state index contributed by atoms with van der Waals surface area (Å²) in [6, 6.07) is 6.32. The van der Waals surface area contributed by atoms with E-state index < -0.39 is 11.0 Å². The number of aliphatic hydroxyl groups is 1. The molecule has 6 heteroatoms. The maximum absolute atomic E-state index is 10.7. The maximum atomic E-state index is 10.7. The van der Waals surface area contributed by atoms with E-state index in [9.17, 15) is 15.2 Å². The summed E-state index contributed by atoms with van der Waals surface area (Å²) in [5.41, 5.74) is -0.0208. The molecule has 0 heterocycles. The fourth-order valence-electron chi connectivity index (χ4n) is 1.94. The third kappa shape index (κ3) is 5.69. The quantitative estimate of drug-likeness (QED) is 0.588. The molecule has 6 nitrogen and oxygen atoms in total. The summed E-state index contributed by atoms with van der Waals surface area (Å²) >= 11 is 0. The molecule has 0 amide bonds. The lowest BCUT2D eigenvalue weighted by Crippen LogP contribution is -2.40. The monoisotopic (exact) mass is 296 g/mol. The lowest BCUT2D eigenvalue weighted by molar-refractivity contribution is -0.384. The van der Waals surface area contributed by atoms with Crippen LogP contribution in [0.3, 0.4) is 0 Å². The van der Waals surface area contributed by atoms with Crippen molar-refractivity contribution in [2.45, 2.75) is 32.9 Å². The highest BCUT2D eigenvalue weighted by molar-refractivity contribution is 5.37. The first-order chi connectivity index (χ1) is 9.81. The van der Waals surface area contributed by atoms with Crippen molar-refractivity contribution >= 4 is 5.69 Å². The Labute approximate surface area is 125 Å². The molecule has 0 aliphatic carbocycles. The summed E-state index contributed by atoms with van der Waals surface area (Å²) in [6.07, 6.45) is -0.643. The van der Waals surface area contributed by atoms with Crippen molar-refractivity contribution in [1.29, 1.82) is 0 Å². The predicted molar refractivity (Wildman–Crippen MR) is 81.5 cm³/mol. The molecule has 1 rings (SSSR count). The van der Waals surface area contributed by atoms with E-state index in [0.717, 1.165) is 0 Å². The molecule has 0 aromatic heterocycles. The Morgan fingerprint density at radius 1 is 1.38 bits per heavy atom. The van der Waals surface area contributed by atoms with E-state index >= 15 is 0 Å². The van der Waals surface area contributed by atoms with Crippen LogP contribution in [0.4, 0.5) is 5.69 Å². The van der Waals surface area contributed by atoms with E-state index in [-0.39, 0.29) is 12.3 Å². The number of hydrogen-bond acceptors (Lipinski definition) is 5. The molecule has 118 valence electrons. The van der Waals surface area contributed by atoms with Gasteiger partial charge in [0.05, 0.1) is 11.0 Å². The van der Waals surface area contributed by atoms with Crippen molar-refractivity contribution in [3.8, 4) is 5.75 Å². The molecule has 0 bridgehead atoms. The van der Waals surface area contributed by atoms with Crippen LogP contribution in [0.15, 0.2) is 24.3 Å². The van der Waals surface area contributed by atoms with E-state index in [1.54, 1.807) is 12.1 Å². The highest BCUT2D eigenvalue weighted by atomic mass is 16.6. The van der Waals surface area contributed by atoms with Crippen molar-refractivity contribution in [2.24, 2.45) is 5.92 Å². The van der Waals surface area contributed by atoms with Gasteiger partial charge in [-0.1, -0.05) is 19.9 Å². The normalized spacial score (nSPS) is 14.2. The Hall–Kier alpha value is -1.66. The van der Waals surface area contributed by atoms with Gasteiger partial charge in [-0.25, -0.2) is 0 Å². The molecular weight excluding hydrogens is 272 g/mol. The van der Waals surface area contributed by atoms with E-state index in [4.69, 9.17) is 4.74 Å². The van der Waals surface area contributed by atoms with Crippen molar-refractivity contribution in [1.82, 2.24) is 4.90 Å². The van der Waals surface area contributed by atoms with Gasteiger partial charge in [-0.15, -0.1) is 0 Å². The molecule has 1 N–H and O–H groups in total. The molecule has 21 heavy (non-hydrogen) atoms. The fourth-order valence-corrected chi connectivity index (χ4v) is 1.94. The number of hydrogen-bond donors (Lipinski definition) is 1. The van der Waals surface area contributed by atoms with Crippen molar-refractivity contribution in [2.75, 3.05) is 20.2 Å². The van der Waals surface area contributed by atoms with Crippen LogP contribution < -0.4 is 4.74 Å². The van der Waals surface area contributed by atoms with E-state index in [2.05, 4.69) is 25.7 Å². The summed E-state index contributed by atoms with van der Waals surface area (Å²) in [7, 11) is 1.96. The fraction of sp³-hybridized carbons (Fsp3) is 0.600. The van der Waals surface area contributed by atoms with Crippen LogP contribution in [-0.2, 0) is 0 Å². The lowest BCUT2D eigenvalue weighted by Gasteiger charge is -2.29. The molecule has 0 fully saturated rings. The summed E-state index contributed by atoms with van der Waals surface area (Å²) in [6.45, 7) is 6.98. The van der Waals surface area contributed by atoms with Gasteiger partial charge in [-0.3, -0.25) is 10.1 Å². The van der Waals surface area contributed by atoms with Crippen LogP contribution in [-0.4, -0.2) is 47.3 Å². The second kappa shape index (κ2) is 7.95. The average molecular weight is 296 g/mol. The van der Waals surface area contributed by atoms with Gasteiger partial charge >= 0.3 is 0 Å². The molecule has 1 aromatic rings. The van der Waals surface area contributed by atoms with E-state index in [0.29, 0.717) is 24.3 Å². The van der Waals surface area contributed by atoms with Gasteiger partial charge in [-0.05, 0) is 26.0 Å². The van der Waals surface area contributed by atoms with Gasteiger partial charge in [0.15, 0.2) is 0 Å². The SMILES string of the molecule is CC(C)[C@@H](C)N(C)C[C@@H](O)COc1cccc([N+](=O)[O-])c1. The van der Waals surface area contributed by atoms with E-state index in [1.807, 2.05) is 7.05 Å².